The van der Waals surface area contributed by atoms with Crippen LogP contribution in [0.5, 0.6) is 0 Å². The minimum atomic E-state index is -0.0365. The first-order valence-electron chi connectivity index (χ1n) is 4.57. The van der Waals surface area contributed by atoms with E-state index in [1.165, 1.54) is 6.20 Å². The lowest BCUT2D eigenvalue weighted by atomic mass is 10.2. The van der Waals surface area contributed by atoms with E-state index in [1.54, 1.807) is 17.2 Å². The smallest absolute Gasteiger partial charge is 0.256 e. The van der Waals surface area contributed by atoms with Crippen molar-refractivity contribution >= 4 is 17.5 Å². The molecule has 2 rings (SSSR count). The summed E-state index contributed by atoms with van der Waals surface area (Å²) in [5.74, 6) is -0.0365. The first-order valence-corrected chi connectivity index (χ1v) is 4.94. The second kappa shape index (κ2) is 3.58. The Morgan fingerprint density at radius 1 is 1.64 bits per heavy atom. The van der Waals surface area contributed by atoms with Crippen molar-refractivity contribution in [3.63, 3.8) is 0 Å². The molecule has 1 aliphatic rings. The number of halogens is 1. The molecule has 0 spiro atoms. The van der Waals surface area contributed by atoms with Crippen LogP contribution < -0.4 is 0 Å². The summed E-state index contributed by atoms with van der Waals surface area (Å²) in [5.41, 5.74) is 0.489. The number of nitrogens with zero attached hydrogens (tertiary/aromatic N) is 2. The van der Waals surface area contributed by atoms with Crippen LogP contribution in [0.3, 0.4) is 0 Å². The van der Waals surface area contributed by atoms with Gasteiger partial charge in [-0.1, -0.05) is 11.6 Å². The molecule has 0 radical (unpaired) electrons. The average Bonchev–Trinajstić information content (AvgIpc) is 3.00. The van der Waals surface area contributed by atoms with Crippen LogP contribution in [0.15, 0.2) is 18.5 Å². The van der Waals surface area contributed by atoms with Gasteiger partial charge in [0.25, 0.3) is 5.91 Å². The van der Waals surface area contributed by atoms with Crippen molar-refractivity contribution < 1.29 is 4.79 Å². The number of carbonyl (C=O) groups excluding carboxylic acids is 1. The average molecular weight is 211 g/mol. The topological polar surface area (TPSA) is 33.2 Å². The normalized spacial score (nSPS) is 15.3. The molecule has 0 bridgehead atoms. The Kier molecular flexibility index (Phi) is 2.42. The number of hydrogen-bond acceptors (Lipinski definition) is 2. The Bertz CT molecular complexity index is 363. The molecule has 1 amide bonds. The van der Waals surface area contributed by atoms with Crippen molar-refractivity contribution in [2.75, 3.05) is 7.05 Å². The highest BCUT2D eigenvalue weighted by molar-refractivity contribution is 6.33. The van der Waals surface area contributed by atoms with Gasteiger partial charge < -0.3 is 4.90 Å². The predicted molar refractivity (Wildman–Crippen MR) is 54.4 cm³/mol. The minimum Gasteiger partial charge on any atom is -0.339 e. The van der Waals surface area contributed by atoms with E-state index in [-0.39, 0.29) is 5.91 Å². The maximum absolute atomic E-state index is 11.8. The molecule has 14 heavy (non-hydrogen) atoms. The highest BCUT2D eigenvalue weighted by atomic mass is 35.5. The molecule has 0 aliphatic heterocycles. The number of carbonyl (C=O) groups is 1. The zero-order chi connectivity index (χ0) is 10.1. The molecule has 1 heterocycles. The molecule has 0 saturated heterocycles. The van der Waals surface area contributed by atoms with E-state index in [0.29, 0.717) is 16.6 Å². The highest BCUT2D eigenvalue weighted by Crippen LogP contribution is 2.27. The summed E-state index contributed by atoms with van der Waals surface area (Å²) >= 11 is 5.90. The Morgan fingerprint density at radius 2 is 2.36 bits per heavy atom. The Labute approximate surface area is 87.7 Å². The molecule has 1 fully saturated rings. The molecular weight excluding hydrogens is 200 g/mol. The fourth-order valence-electron chi connectivity index (χ4n) is 1.35. The van der Waals surface area contributed by atoms with Crippen LogP contribution in [0.2, 0.25) is 5.02 Å². The van der Waals surface area contributed by atoms with Crippen molar-refractivity contribution in [1.82, 2.24) is 9.88 Å². The Morgan fingerprint density at radius 3 is 2.93 bits per heavy atom. The van der Waals surface area contributed by atoms with Gasteiger partial charge >= 0.3 is 0 Å². The summed E-state index contributed by atoms with van der Waals surface area (Å²) in [6.07, 6.45) is 5.29. The SMILES string of the molecule is CN(C(=O)c1cnccc1Cl)C1CC1. The predicted octanol–water partition coefficient (Wildman–Crippen LogP) is 1.97. The largest absolute Gasteiger partial charge is 0.339 e. The number of rotatable bonds is 2. The van der Waals surface area contributed by atoms with Gasteiger partial charge in [0.2, 0.25) is 0 Å². The lowest BCUT2D eigenvalue weighted by molar-refractivity contribution is 0.0785. The zero-order valence-electron chi connectivity index (χ0n) is 7.90. The van der Waals surface area contributed by atoms with Gasteiger partial charge in [0.1, 0.15) is 0 Å². The van der Waals surface area contributed by atoms with Crippen LogP contribution >= 0.6 is 11.6 Å². The number of hydrogen-bond donors (Lipinski definition) is 0. The van der Waals surface area contributed by atoms with Crippen molar-refractivity contribution in [2.24, 2.45) is 0 Å². The third kappa shape index (κ3) is 1.73. The molecule has 1 aliphatic carbocycles. The molecule has 1 saturated carbocycles. The monoisotopic (exact) mass is 210 g/mol. The number of pyridine rings is 1. The molecule has 1 aromatic heterocycles. The maximum Gasteiger partial charge on any atom is 0.256 e. The second-order valence-corrected chi connectivity index (χ2v) is 3.91. The van der Waals surface area contributed by atoms with Crippen LogP contribution in [0.1, 0.15) is 23.2 Å². The van der Waals surface area contributed by atoms with Gasteiger partial charge in [0.05, 0.1) is 10.6 Å². The standard InChI is InChI=1S/C10H11ClN2O/c1-13(7-2-3-7)10(14)8-6-12-5-4-9(8)11/h4-7H,2-3H2,1H3. The van der Waals surface area contributed by atoms with Gasteiger partial charge in [0, 0.05) is 25.5 Å². The first kappa shape index (κ1) is 9.46. The van der Waals surface area contributed by atoms with E-state index in [4.69, 9.17) is 11.6 Å². The summed E-state index contributed by atoms with van der Waals surface area (Å²) in [5, 5.41) is 0.470. The lowest BCUT2D eigenvalue weighted by Gasteiger charge is -2.16. The van der Waals surface area contributed by atoms with Crippen molar-refractivity contribution in [3.05, 3.63) is 29.0 Å². The summed E-state index contributed by atoms with van der Waals surface area (Å²) in [6, 6.07) is 2.04. The quantitative estimate of drug-likeness (QED) is 0.748. The first-order chi connectivity index (χ1) is 6.70. The van der Waals surface area contributed by atoms with Crippen molar-refractivity contribution in [1.29, 1.82) is 0 Å². The van der Waals surface area contributed by atoms with Gasteiger partial charge in [0.15, 0.2) is 0 Å². The second-order valence-electron chi connectivity index (χ2n) is 3.50. The van der Waals surface area contributed by atoms with Gasteiger partial charge in [-0.25, -0.2) is 0 Å². The molecular formula is C10H11ClN2O. The van der Waals surface area contributed by atoms with E-state index in [0.717, 1.165) is 12.8 Å². The summed E-state index contributed by atoms with van der Waals surface area (Å²) in [4.78, 5) is 17.5. The van der Waals surface area contributed by atoms with E-state index in [9.17, 15) is 4.79 Å². The van der Waals surface area contributed by atoms with Crippen molar-refractivity contribution in [2.45, 2.75) is 18.9 Å². The number of aromatic nitrogens is 1. The maximum atomic E-state index is 11.8. The molecule has 0 atom stereocenters. The fraction of sp³-hybridized carbons (Fsp3) is 0.400. The molecule has 0 N–H and O–H groups in total. The van der Waals surface area contributed by atoms with E-state index < -0.39 is 0 Å². The van der Waals surface area contributed by atoms with E-state index >= 15 is 0 Å². The minimum absolute atomic E-state index is 0.0365. The van der Waals surface area contributed by atoms with Gasteiger partial charge in [-0.05, 0) is 18.9 Å². The summed E-state index contributed by atoms with van der Waals surface area (Å²) < 4.78 is 0. The van der Waals surface area contributed by atoms with Crippen LogP contribution in [-0.2, 0) is 0 Å². The van der Waals surface area contributed by atoms with Crippen LogP contribution in [0.25, 0.3) is 0 Å². The Hall–Kier alpha value is -1.09. The third-order valence-electron chi connectivity index (χ3n) is 2.41. The summed E-state index contributed by atoms with van der Waals surface area (Å²) in [6.45, 7) is 0. The molecule has 1 aromatic rings. The van der Waals surface area contributed by atoms with Crippen molar-refractivity contribution in [3.8, 4) is 0 Å². The molecule has 74 valence electrons. The van der Waals surface area contributed by atoms with Crippen LogP contribution in [0.4, 0.5) is 0 Å². The molecule has 4 heteroatoms. The van der Waals surface area contributed by atoms with Gasteiger partial charge in [-0.3, -0.25) is 9.78 Å². The third-order valence-corrected chi connectivity index (χ3v) is 2.74. The molecule has 3 nitrogen and oxygen atoms in total. The van der Waals surface area contributed by atoms with Gasteiger partial charge in [-0.2, -0.15) is 0 Å². The highest BCUT2D eigenvalue weighted by Gasteiger charge is 2.30. The lowest BCUT2D eigenvalue weighted by Crippen LogP contribution is -2.29. The summed E-state index contributed by atoms with van der Waals surface area (Å²) in [7, 11) is 1.81. The molecule has 0 unspecified atom stereocenters. The van der Waals surface area contributed by atoms with Crippen LogP contribution in [0, 0.1) is 0 Å². The van der Waals surface area contributed by atoms with E-state index in [2.05, 4.69) is 4.98 Å². The fourth-order valence-corrected chi connectivity index (χ4v) is 1.54. The van der Waals surface area contributed by atoms with E-state index in [1.807, 2.05) is 7.05 Å². The molecule has 0 aromatic carbocycles. The zero-order valence-corrected chi connectivity index (χ0v) is 8.66. The van der Waals surface area contributed by atoms with Gasteiger partial charge in [-0.15, -0.1) is 0 Å². The number of amides is 1. The van der Waals surface area contributed by atoms with Crippen LogP contribution in [-0.4, -0.2) is 28.9 Å². The Balaban J connectivity index is 2.21.